The summed E-state index contributed by atoms with van der Waals surface area (Å²) in [5, 5.41) is 7.55. The molecule has 1 aliphatic rings. The molecule has 1 unspecified atom stereocenters. The van der Waals surface area contributed by atoms with E-state index in [9.17, 15) is 4.79 Å². The van der Waals surface area contributed by atoms with Gasteiger partial charge in [-0.15, -0.1) is 12.4 Å². The van der Waals surface area contributed by atoms with Crippen molar-refractivity contribution in [3.8, 4) is 0 Å². The molecule has 0 spiro atoms. The van der Waals surface area contributed by atoms with E-state index in [2.05, 4.69) is 29.5 Å². The van der Waals surface area contributed by atoms with E-state index in [0.29, 0.717) is 0 Å². The third kappa shape index (κ3) is 3.65. The van der Waals surface area contributed by atoms with Gasteiger partial charge in [-0.05, 0) is 37.4 Å². The lowest BCUT2D eigenvalue weighted by atomic mass is 9.80. The number of amides is 1. The second-order valence-corrected chi connectivity index (χ2v) is 6.81. The maximum Gasteiger partial charge on any atom is 0.252 e. The number of hydrogen-bond acceptors (Lipinski definition) is 3. The number of aryl methyl sites for hydroxylation is 1. The van der Waals surface area contributed by atoms with Gasteiger partial charge < -0.3 is 10.6 Å². The first-order valence-corrected chi connectivity index (χ1v) is 7.85. The molecule has 1 fully saturated rings. The van der Waals surface area contributed by atoms with E-state index in [1.807, 2.05) is 37.3 Å². The van der Waals surface area contributed by atoms with Gasteiger partial charge in [0, 0.05) is 23.7 Å². The van der Waals surface area contributed by atoms with Crippen LogP contribution in [0.25, 0.3) is 10.9 Å². The molecule has 5 heteroatoms. The Morgan fingerprint density at radius 3 is 2.83 bits per heavy atom. The van der Waals surface area contributed by atoms with Crippen molar-refractivity contribution in [2.24, 2.45) is 5.41 Å². The van der Waals surface area contributed by atoms with Crippen molar-refractivity contribution in [3.05, 3.63) is 41.6 Å². The molecule has 0 aliphatic carbocycles. The van der Waals surface area contributed by atoms with Crippen molar-refractivity contribution >= 4 is 29.2 Å². The molecular weight excluding hydrogens is 310 g/mol. The van der Waals surface area contributed by atoms with Gasteiger partial charge in [0.15, 0.2) is 0 Å². The Morgan fingerprint density at radius 1 is 1.35 bits per heavy atom. The molecule has 0 bridgehead atoms. The Bertz CT molecular complexity index is 714. The normalized spacial score (nSPS) is 19.9. The van der Waals surface area contributed by atoms with Crippen molar-refractivity contribution in [1.82, 2.24) is 15.6 Å². The fourth-order valence-electron chi connectivity index (χ4n) is 3.17. The summed E-state index contributed by atoms with van der Waals surface area (Å²) in [5.41, 5.74) is 2.52. The zero-order valence-corrected chi connectivity index (χ0v) is 14.7. The minimum Gasteiger partial charge on any atom is -0.349 e. The van der Waals surface area contributed by atoms with Crippen LogP contribution in [0.4, 0.5) is 0 Å². The first kappa shape index (κ1) is 17.7. The summed E-state index contributed by atoms with van der Waals surface area (Å²) < 4.78 is 0. The number of aromatic nitrogens is 1. The molecule has 2 heterocycles. The van der Waals surface area contributed by atoms with Crippen LogP contribution in [0.3, 0.4) is 0 Å². The van der Waals surface area contributed by atoms with Crippen molar-refractivity contribution in [3.63, 3.8) is 0 Å². The Balaban J connectivity index is 0.00000192. The first-order valence-electron chi connectivity index (χ1n) is 7.85. The third-order valence-electron chi connectivity index (χ3n) is 4.53. The van der Waals surface area contributed by atoms with Crippen molar-refractivity contribution in [2.75, 3.05) is 13.1 Å². The van der Waals surface area contributed by atoms with Gasteiger partial charge in [-0.2, -0.15) is 0 Å². The number of hydrogen-bond donors (Lipinski definition) is 2. The van der Waals surface area contributed by atoms with Crippen LogP contribution in [-0.4, -0.2) is 30.0 Å². The summed E-state index contributed by atoms with van der Waals surface area (Å²) in [6.07, 6.45) is 0.959. The molecular formula is C18H24ClN3O. The topological polar surface area (TPSA) is 54.0 Å². The molecule has 1 aromatic carbocycles. The number of pyridine rings is 1. The first-order chi connectivity index (χ1) is 10.5. The van der Waals surface area contributed by atoms with Gasteiger partial charge in [0.2, 0.25) is 0 Å². The fourth-order valence-corrected chi connectivity index (χ4v) is 3.17. The van der Waals surface area contributed by atoms with Crippen molar-refractivity contribution in [1.29, 1.82) is 0 Å². The molecule has 2 aromatic rings. The molecule has 3 rings (SSSR count). The molecule has 0 saturated carbocycles. The van der Waals surface area contributed by atoms with Crippen LogP contribution in [0, 0.1) is 12.3 Å². The second kappa shape index (κ2) is 6.85. The van der Waals surface area contributed by atoms with Gasteiger partial charge in [-0.1, -0.05) is 32.0 Å². The summed E-state index contributed by atoms with van der Waals surface area (Å²) in [5.74, 6) is 0.00155. The van der Waals surface area contributed by atoms with Crippen LogP contribution in [0.15, 0.2) is 30.3 Å². The highest BCUT2D eigenvalue weighted by Crippen LogP contribution is 2.26. The van der Waals surface area contributed by atoms with Gasteiger partial charge in [-0.25, -0.2) is 0 Å². The van der Waals surface area contributed by atoms with E-state index in [1.165, 1.54) is 0 Å². The molecule has 2 N–H and O–H groups in total. The predicted molar refractivity (Wildman–Crippen MR) is 96.2 cm³/mol. The van der Waals surface area contributed by atoms with E-state index in [1.54, 1.807) is 0 Å². The number of nitrogens with one attached hydrogen (secondary N) is 2. The van der Waals surface area contributed by atoms with Crippen LogP contribution in [-0.2, 0) is 0 Å². The molecule has 124 valence electrons. The number of nitrogens with zero attached hydrogens (tertiary/aromatic N) is 1. The van der Waals surface area contributed by atoms with Crippen molar-refractivity contribution < 1.29 is 4.79 Å². The molecule has 23 heavy (non-hydrogen) atoms. The third-order valence-corrected chi connectivity index (χ3v) is 4.53. The number of benzene rings is 1. The minimum absolute atomic E-state index is 0. The SMILES string of the molecule is Cc1cc(C(=O)NC2CCNCC2(C)C)c2ccccc2n1.Cl. The van der Waals surface area contributed by atoms with Gasteiger partial charge >= 0.3 is 0 Å². The number of carbonyl (C=O) groups excluding carboxylic acids is 1. The monoisotopic (exact) mass is 333 g/mol. The summed E-state index contributed by atoms with van der Waals surface area (Å²) >= 11 is 0. The van der Waals surface area contributed by atoms with Gasteiger partial charge in [-0.3, -0.25) is 9.78 Å². The number of fused-ring (bicyclic) bond motifs is 1. The highest BCUT2D eigenvalue weighted by Gasteiger charge is 2.33. The maximum atomic E-state index is 12.8. The zero-order valence-electron chi connectivity index (χ0n) is 13.8. The highest BCUT2D eigenvalue weighted by molar-refractivity contribution is 6.06. The van der Waals surface area contributed by atoms with Gasteiger partial charge in [0.25, 0.3) is 5.91 Å². The number of rotatable bonds is 2. The Morgan fingerprint density at radius 2 is 2.09 bits per heavy atom. The molecule has 1 aliphatic heterocycles. The largest absolute Gasteiger partial charge is 0.349 e. The lowest BCUT2D eigenvalue weighted by molar-refractivity contribution is 0.0870. The van der Waals surface area contributed by atoms with Gasteiger partial charge in [0.05, 0.1) is 11.1 Å². The zero-order chi connectivity index (χ0) is 15.7. The van der Waals surface area contributed by atoms with E-state index < -0.39 is 0 Å². The van der Waals surface area contributed by atoms with Crippen LogP contribution in [0.5, 0.6) is 0 Å². The number of piperidine rings is 1. The second-order valence-electron chi connectivity index (χ2n) is 6.81. The Labute approximate surface area is 143 Å². The maximum absolute atomic E-state index is 12.8. The predicted octanol–water partition coefficient (Wildman–Crippen LogP) is 3.08. The number of para-hydroxylation sites is 1. The summed E-state index contributed by atoms with van der Waals surface area (Å²) in [4.78, 5) is 17.3. The molecule has 1 amide bonds. The quantitative estimate of drug-likeness (QED) is 0.888. The summed E-state index contributed by atoms with van der Waals surface area (Å²) in [7, 11) is 0. The average molecular weight is 334 g/mol. The minimum atomic E-state index is 0. The van der Waals surface area contributed by atoms with Crippen molar-refractivity contribution in [2.45, 2.75) is 33.2 Å². The van der Waals surface area contributed by atoms with E-state index in [0.717, 1.165) is 41.7 Å². The Kier molecular flexibility index (Phi) is 5.27. The van der Waals surface area contributed by atoms with E-state index in [4.69, 9.17) is 0 Å². The Hall–Kier alpha value is -1.65. The molecule has 1 saturated heterocycles. The highest BCUT2D eigenvalue weighted by atomic mass is 35.5. The van der Waals surface area contributed by atoms with Crippen LogP contribution in [0.2, 0.25) is 0 Å². The van der Waals surface area contributed by atoms with Gasteiger partial charge in [0.1, 0.15) is 0 Å². The standard InChI is InChI=1S/C18H23N3O.ClH/c1-12-10-14(13-6-4-5-7-15(13)20-12)17(22)21-16-8-9-19-11-18(16,2)3;/h4-7,10,16,19H,8-9,11H2,1-3H3,(H,21,22);1H. The molecule has 1 aromatic heterocycles. The number of carbonyl (C=O) groups is 1. The molecule has 0 radical (unpaired) electrons. The summed E-state index contributed by atoms with van der Waals surface area (Å²) in [6, 6.07) is 9.88. The summed E-state index contributed by atoms with van der Waals surface area (Å²) in [6.45, 7) is 8.19. The lowest BCUT2D eigenvalue weighted by Gasteiger charge is -2.39. The fraction of sp³-hybridized carbons (Fsp3) is 0.444. The van der Waals surface area contributed by atoms with E-state index in [-0.39, 0.29) is 29.8 Å². The average Bonchev–Trinajstić information content (AvgIpc) is 2.48. The van der Waals surface area contributed by atoms with Crippen LogP contribution < -0.4 is 10.6 Å². The molecule has 4 nitrogen and oxygen atoms in total. The number of halogens is 1. The lowest BCUT2D eigenvalue weighted by Crippen LogP contribution is -2.54. The van der Waals surface area contributed by atoms with E-state index >= 15 is 0 Å². The van der Waals surface area contributed by atoms with Crippen LogP contribution in [0.1, 0.15) is 36.3 Å². The smallest absolute Gasteiger partial charge is 0.252 e. The van der Waals surface area contributed by atoms with Crippen LogP contribution >= 0.6 is 12.4 Å². The molecule has 1 atom stereocenters.